The molecule has 0 bridgehead atoms. The van der Waals surface area contributed by atoms with Crippen molar-refractivity contribution in [3.05, 3.63) is 29.7 Å². The zero-order valence-electron chi connectivity index (χ0n) is 9.12. The number of halogens is 2. The number of hydrogen-bond donors (Lipinski definition) is 1. The van der Waals surface area contributed by atoms with E-state index in [0.717, 1.165) is 18.5 Å². The van der Waals surface area contributed by atoms with Crippen LogP contribution in [0, 0.1) is 7.14 Å². The van der Waals surface area contributed by atoms with E-state index >= 15 is 0 Å². The number of ether oxygens (including phenoxy) is 1. The molecule has 0 saturated carbocycles. The average molecular weight is 503 g/mol. The highest BCUT2D eigenvalue weighted by Gasteiger charge is 2.22. The number of amides is 1. The molecule has 1 fully saturated rings. The molecule has 1 aromatic carbocycles. The second kappa shape index (κ2) is 6.06. The lowest BCUT2D eigenvalue weighted by Crippen LogP contribution is -2.17. The Morgan fingerprint density at radius 3 is 2.72 bits per heavy atom. The molecule has 7 heteroatoms. The molecule has 0 aromatic heterocycles. The number of carbonyl (C=O) groups is 1. The first-order valence-electron chi connectivity index (χ1n) is 4.79. The molecular weight excluding hydrogens is 496 g/mol. The highest BCUT2D eigenvalue weighted by molar-refractivity contribution is 14.1. The second-order valence-corrected chi connectivity index (χ2v) is 7.49. The van der Waals surface area contributed by atoms with Crippen molar-refractivity contribution in [2.24, 2.45) is 0 Å². The molecule has 1 aliphatic rings. The predicted molar refractivity (Wildman–Crippen MR) is 94.7 cm³/mol. The molecule has 18 heavy (non-hydrogen) atoms. The summed E-state index contributed by atoms with van der Waals surface area (Å²) in [4.78, 5) is 12.2. The molecule has 0 spiro atoms. The van der Waals surface area contributed by atoms with Crippen molar-refractivity contribution in [3.8, 4) is 5.75 Å². The standard InChI is InChI=1S/C11H7I2NO2S2/c1-16-9-5(2-6(12)4-7(9)13)3-8-10(15)14-11(17)18-8/h2-4H,1H3,(H,14,15,17)/b8-3+. The van der Waals surface area contributed by atoms with Gasteiger partial charge >= 0.3 is 0 Å². The van der Waals surface area contributed by atoms with E-state index in [1.54, 1.807) is 7.11 Å². The number of carbonyl (C=O) groups excluding carboxylic acids is 1. The smallest absolute Gasteiger partial charge is 0.263 e. The van der Waals surface area contributed by atoms with E-state index in [2.05, 4.69) is 50.5 Å². The van der Waals surface area contributed by atoms with Crippen LogP contribution in [0.3, 0.4) is 0 Å². The van der Waals surface area contributed by atoms with Crippen molar-refractivity contribution in [3.63, 3.8) is 0 Å². The van der Waals surface area contributed by atoms with Crippen LogP contribution >= 0.6 is 69.2 Å². The lowest BCUT2D eigenvalue weighted by Gasteiger charge is -2.08. The lowest BCUT2D eigenvalue weighted by atomic mass is 10.2. The maximum absolute atomic E-state index is 11.6. The van der Waals surface area contributed by atoms with Gasteiger partial charge in [0, 0.05) is 9.13 Å². The Hall–Kier alpha value is 0.130. The summed E-state index contributed by atoms with van der Waals surface area (Å²) in [6.45, 7) is 0. The third-order valence-corrected chi connectivity index (χ3v) is 4.76. The highest BCUT2D eigenvalue weighted by atomic mass is 127. The molecule has 1 aliphatic heterocycles. The number of rotatable bonds is 2. The van der Waals surface area contributed by atoms with Gasteiger partial charge in [0.25, 0.3) is 5.91 Å². The fourth-order valence-corrected chi connectivity index (χ4v) is 4.61. The maximum Gasteiger partial charge on any atom is 0.263 e. The lowest BCUT2D eigenvalue weighted by molar-refractivity contribution is -0.115. The number of thiocarbonyl (C=S) groups is 1. The first-order valence-corrected chi connectivity index (χ1v) is 8.17. The monoisotopic (exact) mass is 503 g/mol. The van der Waals surface area contributed by atoms with Crippen LogP contribution in [-0.4, -0.2) is 17.3 Å². The van der Waals surface area contributed by atoms with Crippen LogP contribution in [0.5, 0.6) is 5.75 Å². The van der Waals surface area contributed by atoms with Crippen LogP contribution in [0.1, 0.15) is 5.56 Å². The van der Waals surface area contributed by atoms with Crippen molar-refractivity contribution in [2.45, 2.75) is 0 Å². The molecule has 1 saturated heterocycles. The molecule has 0 radical (unpaired) electrons. The minimum absolute atomic E-state index is 0.152. The van der Waals surface area contributed by atoms with Crippen molar-refractivity contribution >= 4 is 85.5 Å². The number of thioether (sulfide) groups is 1. The molecule has 1 aromatic rings. The summed E-state index contributed by atoms with van der Waals surface area (Å²) in [5.74, 6) is 0.621. The van der Waals surface area contributed by atoms with Crippen LogP contribution < -0.4 is 10.1 Å². The Balaban J connectivity index is 2.48. The van der Waals surface area contributed by atoms with Gasteiger partial charge in [0.05, 0.1) is 15.6 Å². The number of nitrogens with one attached hydrogen (secondary N) is 1. The van der Waals surface area contributed by atoms with E-state index in [-0.39, 0.29) is 5.91 Å². The molecule has 0 aliphatic carbocycles. The summed E-state index contributed by atoms with van der Waals surface area (Å²) in [6, 6.07) is 4.00. The van der Waals surface area contributed by atoms with Gasteiger partial charge in [-0.1, -0.05) is 24.0 Å². The van der Waals surface area contributed by atoms with Crippen LogP contribution in [0.15, 0.2) is 17.0 Å². The Bertz CT molecular complexity index is 572. The molecule has 3 nitrogen and oxygen atoms in total. The molecule has 1 amide bonds. The first-order chi connectivity index (χ1) is 8.51. The van der Waals surface area contributed by atoms with Crippen LogP contribution in [-0.2, 0) is 4.79 Å². The largest absolute Gasteiger partial charge is 0.495 e. The van der Waals surface area contributed by atoms with Gasteiger partial charge in [-0.25, -0.2) is 0 Å². The highest BCUT2D eigenvalue weighted by Crippen LogP contribution is 2.33. The van der Waals surface area contributed by atoms with E-state index in [0.29, 0.717) is 9.23 Å². The molecule has 2 rings (SSSR count). The third-order valence-electron chi connectivity index (χ3n) is 2.17. The number of benzene rings is 1. The summed E-state index contributed by atoms with van der Waals surface area (Å²) < 4.78 is 7.97. The number of hydrogen-bond acceptors (Lipinski definition) is 4. The Labute approximate surface area is 141 Å². The van der Waals surface area contributed by atoms with Crippen LogP contribution in [0.4, 0.5) is 0 Å². The Morgan fingerprint density at radius 2 is 2.17 bits per heavy atom. The molecular formula is C11H7I2NO2S2. The van der Waals surface area contributed by atoms with E-state index in [1.807, 2.05) is 18.2 Å². The van der Waals surface area contributed by atoms with E-state index < -0.39 is 0 Å². The molecule has 1 heterocycles. The van der Waals surface area contributed by atoms with E-state index in [4.69, 9.17) is 17.0 Å². The summed E-state index contributed by atoms with van der Waals surface area (Å²) in [7, 11) is 1.62. The Kier molecular flexibility index (Phi) is 4.89. The Morgan fingerprint density at radius 1 is 1.44 bits per heavy atom. The van der Waals surface area contributed by atoms with Crippen LogP contribution in [0.25, 0.3) is 6.08 Å². The minimum atomic E-state index is -0.152. The first kappa shape index (κ1) is 14.5. The fraction of sp³-hybridized carbons (Fsp3) is 0.0909. The minimum Gasteiger partial charge on any atom is -0.495 e. The molecule has 94 valence electrons. The normalized spacial score (nSPS) is 17.2. The zero-order chi connectivity index (χ0) is 13.3. The maximum atomic E-state index is 11.6. The summed E-state index contributed by atoms with van der Waals surface area (Å²) >= 11 is 10.7. The van der Waals surface area contributed by atoms with Crippen molar-refractivity contribution in [1.82, 2.24) is 5.32 Å². The molecule has 0 atom stereocenters. The van der Waals surface area contributed by atoms with Gasteiger partial charge in [0.1, 0.15) is 10.1 Å². The number of methoxy groups -OCH3 is 1. The second-order valence-electron chi connectivity index (χ2n) is 3.36. The predicted octanol–water partition coefficient (Wildman–Crippen LogP) is 3.39. The summed E-state index contributed by atoms with van der Waals surface area (Å²) in [6.07, 6.45) is 1.81. The summed E-state index contributed by atoms with van der Waals surface area (Å²) in [5.41, 5.74) is 0.885. The van der Waals surface area contributed by atoms with Crippen molar-refractivity contribution in [1.29, 1.82) is 0 Å². The molecule has 0 unspecified atom stereocenters. The van der Waals surface area contributed by atoms with Crippen molar-refractivity contribution < 1.29 is 9.53 Å². The van der Waals surface area contributed by atoms with Crippen molar-refractivity contribution in [2.75, 3.05) is 7.11 Å². The van der Waals surface area contributed by atoms with Crippen LogP contribution in [0.2, 0.25) is 0 Å². The SMILES string of the molecule is COc1c(I)cc(I)cc1/C=C1/SC(=S)NC1=O. The fourth-order valence-electron chi connectivity index (χ4n) is 1.47. The van der Waals surface area contributed by atoms with Gasteiger partial charge < -0.3 is 10.1 Å². The topological polar surface area (TPSA) is 38.3 Å². The molecule has 1 N–H and O–H groups in total. The van der Waals surface area contributed by atoms with E-state index in [1.165, 1.54) is 11.8 Å². The van der Waals surface area contributed by atoms with Gasteiger partial charge in [0.2, 0.25) is 0 Å². The van der Waals surface area contributed by atoms with Gasteiger partial charge in [0.15, 0.2) is 0 Å². The summed E-state index contributed by atoms with van der Waals surface area (Å²) in [5, 5.41) is 2.60. The van der Waals surface area contributed by atoms with Gasteiger partial charge in [-0.2, -0.15) is 0 Å². The van der Waals surface area contributed by atoms with Gasteiger partial charge in [-0.3, -0.25) is 4.79 Å². The average Bonchev–Trinajstić information content (AvgIpc) is 2.57. The van der Waals surface area contributed by atoms with E-state index in [9.17, 15) is 4.79 Å². The van der Waals surface area contributed by atoms with Gasteiger partial charge in [-0.15, -0.1) is 0 Å². The third kappa shape index (κ3) is 3.17. The van der Waals surface area contributed by atoms with Gasteiger partial charge in [-0.05, 0) is 63.4 Å². The zero-order valence-corrected chi connectivity index (χ0v) is 15.1. The quantitative estimate of drug-likeness (QED) is 0.382.